The number of nitrogens with zero attached hydrogens (tertiary/aromatic N) is 1. The maximum absolute atomic E-state index is 12.3. The second-order valence-corrected chi connectivity index (χ2v) is 5.49. The van der Waals surface area contributed by atoms with Crippen molar-refractivity contribution in [2.45, 2.75) is 18.9 Å². The van der Waals surface area contributed by atoms with Gasteiger partial charge in [0.1, 0.15) is 0 Å². The highest BCUT2D eigenvalue weighted by molar-refractivity contribution is 9.10. The molecule has 0 saturated carbocycles. The molecular formula is C12H13BrClNO2. The fourth-order valence-electron chi connectivity index (χ4n) is 2.14. The molecule has 0 spiro atoms. The number of likely N-dealkylation sites (tertiary alicyclic amines) is 1. The Balaban J connectivity index is 2.24. The monoisotopic (exact) mass is 317 g/mol. The zero-order valence-corrected chi connectivity index (χ0v) is 11.5. The normalized spacial score (nSPS) is 19.7. The van der Waals surface area contributed by atoms with Gasteiger partial charge >= 0.3 is 0 Å². The summed E-state index contributed by atoms with van der Waals surface area (Å²) in [5.74, 6) is -0.0650. The van der Waals surface area contributed by atoms with Crippen molar-refractivity contribution in [3.05, 3.63) is 33.3 Å². The largest absolute Gasteiger partial charge is 0.394 e. The van der Waals surface area contributed by atoms with E-state index in [2.05, 4.69) is 15.9 Å². The van der Waals surface area contributed by atoms with Crippen molar-refractivity contribution in [3.63, 3.8) is 0 Å². The van der Waals surface area contributed by atoms with Crippen LogP contribution in [0.4, 0.5) is 0 Å². The number of aliphatic hydroxyl groups excluding tert-OH is 1. The summed E-state index contributed by atoms with van der Waals surface area (Å²) in [5.41, 5.74) is 0.560. The van der Waals surface area contributed by atoms with Crippen molar-refractivity contribution >= 4 is 33.4 Å². The lowest BCUT2D eigenvalue weighted by molar-refractivity contribution is 0.0677. The number of aliphatic hydroxyl groups is 1. The highest BCUT2D eigenvalue weighted by Gasteiger charge is 2.28. The molecule has 1 aromatic carbocycles. The molecule has 0 aliphatic carbocycles. The first-order valence-electron chi connectivity index (χ1n) is 5.49. The minimum atomic E-state index is -0.0650. The second-order valence-electron chi connectivity index (χ2n) is 4.14. The summed E-state index contributed by atoms with van der Waals surface area (Å²) in [6, 6.07) is 5.09. The van der Waals surface area contributed by atoms with Crippen molar-refractivity contribution in [2.24, 2.45) is 0 Å². The van der Waals surface area contributed by atoms with Crippen molar-refractivity contribution < 1.29 is 9.90 Å². The molecule has 17 heavy (non-hydrogen) atoms. The summed E-state index contributed by atoms with van der Waals surface area (Å²) in [4.78, 5) is 14.0. The molecule has 1 aliphatic rings. The van der Waals surface area contributed by atoms with Gasteiger partial charge < -0.3 is 10.0 Å². The van der Waals surface area contributed by atoms with E-state index in [1.54, 1.807) is 23.1 Å². The van der Waals surface area contributed by atoms with Crippen LogP contribution in [0.1, 0.15) is 23.2 Å². The van der Waals surface area contributed by atoms with E-state index in [0.717, 1.165) is 17.3 Å². The summed E-state index contributed by atoms with van der Waals surface area (Å²) in [7, 11) is 0. The Morgan fingerprint density at radius 2 is 2.29 bits per heavy atom. The smallest absolute Gasteiger partial charge is 0.254 e. The summed E-state index contributed by atoms with van der Waals surface area (Å²) in [6.07, 6.45) is 1.81. The van der Waals surface area contributed by atoms with Gasteiger partial charge in [-0.05, 0) is 31.0 Å². The van der Waals surface area contributed by atoms with Crippen LogP contribution in [0.2, 0.25) is 5.02 Å². The third-order valence-electron chi connectivity index (χ3n) is 2.96. The lowest BCUT2D eigenvalue weighted by Crippen LogP contribution is -2.37. The van der Waals surface area contributed by atoms with Crippen molar-refractivity contribution in [3.8, 4) is 0 Å². The Labute approximate surface area is 114 Å². The topological polar surface area (TPSA) is 40.5 Å². The summed E-state index contributed by atoms with van der Waals surface area (Å²) < 4.78 is 0.785. The standard InChI is InChI=1S/C12H13BrClNO2/c13-9-4-8(5-10(14)6-9)12(17)15-3-1-2-11(15)7-16/h4-6,11,16H,1-3,7H2/t11-/m0/s1. The molecule has 0 aromatic heterocycles. The van der Waals surface area contributed by atoms with Gasteiger partial charge in [-0.1, -0.05) is 27.5 Å². The molecule has 0 radical (unpaired) electrons. The van der Waals surface area contributed by atoms with Gasteiger partial charge in [0, 0.05) is 21.6 Å². The first kappa shape index (κ1) is 12.9. The highest BCUT2D eigenvalue weighted by Crippen LogP contribution is 2.24. The van der Waals surface area contributed by atoms with E-state index in [1.807, 2.05) is 0 Å². The fraction of sp³-hybridized carbons (Fsp3) is 0.417. The molecule has 0 unspecified atom stereocenters. The first-order chi connectivity index (χ1) is 8.11. The SMILES string of the molecule is O=C(c1cc(Cl)cc(Br)c1)N1CCC[C@H]1CO. The van der Waals surface area contributed by atoms with Gasteiger partial charge in [0.05, 0.1) is 12.6 Å². The maximum Gasteiger partial charge on any atom is 0.254 e. The summed E-state index contributed by atoms with van der Waals surface area (Å²) in [6.45, 7) is 0.724. The van der Waals surface area contributed by atoms with Crippen molar-refractivity contribution in [2.75, 3.05) is 13.2 Å². The third-order valence-corrected chi connectivity index (χ3v) is 3.63. The molecular weight excluding hydrogens is 305 g/mol. The lowest BCUT2D eigenvalue weighted by atomic mass is 10.2. The van der Waals surface area contributed by atoms with Crippen LogP contribution in [0, 0.1) is 0 Å². The zero-order valence-electron chi connectivity index (χ0n) is 9.20. The fourth-order valence-corrected chi connectivity index (χ4v) is 3.00. The van der Waals surface area contributed by atoms with Crippen LogP contribution in [0.25, 0.3) is 0 Å². The van der Waals surface area contributed by atoms with Crippen LogP contribution in [-0.4, -0.2) is 35.1 Å². The number of rotatable bonds is 2. The van der Waals surface area contributed by atoms with Crippen molar-refractivity contribution in [1.82, 2.24) is 4.90 Å². The lowest BCUT2D eigenvalue weighted by Gasteiger charge is -2.23. The van der Waals surface area contributed by atoms with E-state index in [9.17, 15) is 9.90 Å². The van der Waals surface area contributed by atoms with Gasteiger partial charge in [0.15, 0.2) is 0 Å². The molecule has 1 fully saturated rings. The van der Waals surface area contributed by atoms with E-state index in [0.29, 0.717) is 17.1 Å². The molecule has 0 bridgehead atoms. The molecule has 2 rings (SSSR count). The third kappa shape index (κ3) is 2.81. The Kier molecular flexibility index (Phi) is 4.07. The number of halogens is 2. The number of hydrogen-bond acceptors (Lipinski definition) is 2. The summed E-state index contributed by atoms with van der Waals surface area (Å²) >= 11 is 9.24. The van der Waals surface area contributed by atoms with Crippen LogP contribution < -0.4 is 0 Å². The van der Waals surface area contributed by atoms with Gasteiger partial charge in [-0.25, -0.2) is 0 Å². The Morgan fingerprint density at radius 3 is 2.94 bits per heavy atom. The number of hydrogen-bond donors (Lipinski definition) is 1. The maximum atomic E-state index is 12.3. The molecule has 1 saturated heterocycles. The van der Waals surface area contributed by atoms with E-state index in [-0.39, 0.29) is 18.6 Å². The predicted octanol–water partition coefficient (Wildman–Crippen LogP) is 2.70. The average molecular weight is 319 g/mol. The Morgan fingerprint density at radius 1 is 1.53 bits per heavy atom. The van der Waals surface area contributed by atoms with Crippen LogP contribution in [0.5, 0.6) is 0 Å². The number of carbonyl (C=O) groups is 1. The number of benzene rings is 1. The molecule has 92 valence electrons. The average Bonchev–Trinajstić information content (AvgIpc) is 2.74. The molecule has 1 N–H and O–H groups in total. The Hall–Kier alpha value is -0.580. The number of amides is 1. The van der Waals surface area contributed by atoms with Crippen LogP contribution in [-0.2, 0) is 0 Å². The van der Waals surface area contributed by atoms with Crippen LogP contribution in [0.3, 0.4) is 0 Å². The van der Waals surface area contributed by atoms with Gasteiger partial charge in [0.2, 0.25) is 0 Å². The minimum absolute atomic E-state index is 0.0213. The first-order valence-corrected chi connectivity index (χ1v) is 6.67. The van der Waals surface area contributed by atoms with Gasteiger partial charge in [-0.15, -0.1) is 0 Å². The van der Waals surface area contributed by atoms with E-state index < -0.39 is 0 Å². The quantitative estimate of drug-likeness (QED) is 0.911. The molecule has 1 heterocycles. The molecule has 5 heteroatoms. The second kappa shape index (κ2) is 5.38. The molecule has 1 atom stereocenters. The van der Waals surface area contributed by atoms with E-state index >= 15 is 0 Å². The Bertz CT molecular complexity index is 418. The molecule has 1 aliphatic heterocycles. The van der Waals surface area contributed by atoms with Gasteiger partial charge in [-0.2, -0.15) is 0 Å². The van der Waals surface area contributed by atoms with Gasteiger partial charge in [-0.3, -0.25) is 4.79 Å². The van der Waals surface area contributed by atoms with Crippen LogP contribution >= 0.6 is 27.5 Å². The molecule has 1 aromatic rings. The van der Waals surface area contributed by atoms with Gasteiger partial charge in [0.25, 0.3) is 5.91 Å². The number of carbonyl (C=O) groups excluding carboxylic acids is 1. The van der Waals surface area contributed by atoms with Crippen LogP contribution in [0.15, 0.2) is 22.7 Å². The zero-order chi connectivity index (χ0) is 12.4. The molecule has 1 amide bonds. The predicted molar refractivity (Wildman–Crippen MR) is 70.3 cm³/mol. The molecule has 3 nitrogen and oxygen atoms in total. The van der Waals surface area contributed by atoms with Crippen molar-refractivity contribution in [1.29, 1.82) is 0 Å². The summed E-state index contributed by atoms with van der Waals surface area (Å²) in [5, 5.41) is 9.74. The van der Waals surface area contributed by atoms with E-state index in [1.165, 1.54) is 0 Å². The van der Waals surface area contributed by atoms with E-state index in [4.69, 9.17) is 11.6 Å². The highest BCUT2D eigenvalue weighted by atomic mass is 79.9. The minimum Gasteiger partial charge on any atom is -0.394 e.